The predicted molar refractivity (Wildman–Crippen MR) is 75.4 cm³/mol. The number of nitrogens with zero attached hydrogens (tertiary/aromatic N) is 1. The van der Waals surface area contributed by atoms with Crippen LogP contribution in [0.3, 0.4) is 0 Å². The maximum absolute atomic E-state index is 10.8. The van der Waals surface area contributed by atoms with Gasteiger partial charge in [0.05, 0.1) is 5.52 Å². The van der Waals surface area contributed by atoms with E-state index in [1.54, 1.807) is 0 Å². The highest BCUT2D eigenvalue weighted by molar-refractivity contribution is 6.63. The van der Waals surface area contributed by atoms with Crippen LogP contribution in [0.1, 0.15) is 23.1 Å². The molecule has 2 nitrogen and oxygen atoms in total. The minimum atomic E-state index is -0.355. The van der Waals surface area contributed by atoms with Crippen LogP contribution in [-0.4, -0.2) is 10.2 Å². The summed E-state index contributed by atoms with van der Waals surface area (Å²) in [5.74, 6) is 0. The van der Waals surface area contributed by atoms with Crippen LogP contribution in [0.15, 0.2) is 18.2 Å². The second kappa shape index (κ2) is 5.25. The standard InChI is InChI=1S/C14H13Cl2NO/c1-8-5-9(2)13-11(6-8)7-10(14(16)17-13)3-4-12(15)18/h5-7H,3-4H2,1-2H3. The maximum Gasteiger partial charge on any atom is 0.221 e. The summed E-state index contributed by atoms with van der Waals surface area (Å²) in [6.45, 7) is 4.06. The third-order valence-electron chi connectivity index (χ3n) is 2.87. The molecule has 0 bridgehead atoms. The molecule has 0 N–H and O–H groups in total. The highest BCUT2D eigenvalue weighted by Gasteiger charge is 2.08. The second-order valence-corrected chi connectivity index (χ2v) is 5.23. The molecule has 0 saturated heterocycles. The van der Waals surface area contributed by atoms with Crippen molar-refractivity contribution in [3.05, 3.63) is 40.0 Å². The van der Waals surface area contributed by atoms with Crippen LogP contribution in [0, 0.1) is 13.8 Å². The van der Waals surface area contributed by atoms with Gasteiger partial charge in [-0.25, -0.2) is 4.98 Å². The number of hydrogen-bond acceptors (Lipinski definition) is 2. The summed E-state index contributed by atoms with van der Waals surface area (Å²) >= 11 is 11.5. The molecule has 0 fully saturated rings. The Labute approximate surface area is 116 Å². The monoisotopic (exact) mass is 281 g/mol. The molecule has 18 heavy (non-hydrogen) atoms. The average molecular weight is 282 g/mol. The predicted octanol–water partition coefficient (Wildman–Crippen LogP) is 4.20. The number of fused-ring (bicyclic) bond motifs is 1. The fourth-order valence-corrected chi connectivity index (χ4v) is 2.41. The first-order valence-electron chi connectivity index (χ1n) is 5.72. The number of benzene rings is 1. The third kappa shape index (κ3) is 2.82. The van der Waals surface area contributed by atoms with Crippen LogP contribution in [0.2, 0.25) is 5.15 Å². The zero-order valence-corrected chi connectivity index (χ0v) is 11.8. The van der Waals surface area contributed by atoms with Gasteiger partial charge in [0.1, 0.15) is 5.15 Å². The molecule has 1 aromatic carbocycles. The van der Waals surface area contributed by atoms with E-state index in [9.17, 15) is 4.79 Å². The number of halogens is 2. The molecule has 0 saturated carbocycles. The molecule has 2 rings (SSSR count). The maximum atomic E-state index is 10.8. The largest absolute Gasteiger partial charge is 0.281 e. The van der Waals surface area contributed by atoms with Gasteiger partial charge < -0.3 is 0 Å². The van der Waals surface area contributed by atoms with E-state index in [-0.39, 0.29) is 11.7 Å². The molecule has 4 heteroatoms. The van der Waals surface area contributed by atoms with Gasteiger partial charge in [-0.15, -0.1) is 0 Å². The Morgan fingerprint density at radius 2 is 2.00 bits per heavy atom. The topological polar surface area (TPSA) is 30.0 Å². The van der Waals surface area contributed by atoms with Crippen molar-refractivity contribution in [2.75, 3.05) is 0 Å². The van der Waals surface area contributed by atoms with Crippen LogP contribution in [0.5, 0.6) is 0 Å². The van der Waals surface area contributed by atoms with Crippen molar-refractivity contribution < 1.29 is 4.79 Å². The fraction of sp³-hybridized carbons (Fsp3) is 0.286. The van der Waals surface area contributed by atoms with E-state index in [2.05, 4.69) is 17.1 Å². The molecule has 1 aromatic heterocycles. The van der Waals surface area contributed by atoms with E-state index in [1.807, 2.05) is 19.9 Å². The summed E-state index contributed by atoms with van der Waals surface area (Å²) in [4.78, 5) is 15.2. The van der Waals surface area contributed by atoms with Gasteiger partial charge in [0.2, 0.25) is 5.24 Å². The van der Waals surface area contributed by atoms with Gasteiger partial charge in [-0.3, -0.25) is 4.79 Å². The van der Waals surface area contributed by atoms with E-state index in [0.29, 0.717) is 11.6 Å². The first-order chi connectivity index (χ1) is 8.47. The first kappa shape index (κ1) is 13.3. The van der Waals surface area contributed by atoms with Crippen molar-refractivity contribution in [1.82, 2.24) is 4.98 Å². The highest BCUT2D eigenvalue weighted by atomic mass is 35.5. The van der Waals surface area contributed by atoms with Crippen LogP contribution in [0.25, 0.3) is 10.9 Å². The molecular formula is C14H13Cl2NO. The molecule has 94 valence electrons. The fourth-order valence-electron chi connectivity index (χ4n) is 2.08. The Bertz CT molecular complexity index is 623. The Kier molecular flexibility index (Phi) is 3.88. The Morgan fingerprint density at radius 3 is 2.67 bits per heavy atom. The number of pyridine rings is 1. The Morgan fingerprint density at radius 1 is 1.28 bits per heavy atom. The van der Waals surface area contributed by atoms with Crippen molar-refractivity contribution in [2.24, 2.45) is 0 Å². The lowest BCUT2D eigenvalue weighted by molar-refractivity contribution is -0.111. The van der Waals surface area contributed by atoms with Gasteiger partial charge in [0, 0.05) is 11.8 Å². The van der Waals surface area contributed by atoms with E-state index in [4.69, 9.17) is 23.2 Å². The molecule has 0 aliphatic carbocycles. The summed E-state index contributed by atoms with van der Waals surface area (Å²) in [7, 11) is 0. The highest BCUT2D eigenvalue weighted by Crippen LogP contribution is 2.25. The smallest absolute Gasteiger partial charge is 0.221 e. The van der Waals surface area contributed by atoms with E-state index in [0.717, 1.165) is 22.0 Å². The lowest BCUT2D eigenvalue weighted by atomic mass is 10.0. The van der Waals surface area contributed by atoms with Crippen LogP contribution in [-0.2, 0) is 11.2 Å². The molecule has 0 atom stereocenters. The summed E-state index contributed by atoms with van der Waals surface area (Å²) in [6, 6.07) is 6.13. The summed E-state index contributed by atoms with van der Waals surface area (Å²) in [5.41, 5.74) is 4.06. The van der Waals surface area contributed by atoms with Gasteiger partial charge >= 0.3 is 0 Å². The van der Waals surface area contributed by atoms with Crippen molar-refractivity contribution in [3.8, 4) is 0 Å². The van der Waals surface area contributed by atoms with Crippen molar-refractivity contribution >= 4 is 39.3 Å². The molecule has 2 aromatic rings. The molecular weight excluding hydrogens is 269 g/mol. The van der Waals surface area contributed by atoms with Gasteiger partial charge in [0.25, 0.3) is 0 Å². The average Bonchev–Trinajstić information content (AvgIpc) is 2.27. The van der Waals surface area contributed by atoms with Gasteiger partial charge in [-0.2, -0.15) is 0 Å². The normalized spacial score (nSPS) is 10.9. The number of carbonyl (C=O) groups excluding carboxylic acids is 1. The lowest BCUT2D eigenvalue weighted by Crippen LogP contribution is -1.96. The minimum Gasteiger partial charge on any atom is -0.281 e. The summed E-state index contributed by atoms with van der Waals surface area (Å²) in [6.07, 6.45) is 0.802. The van der Waals surface area contributed by atoms with Crippen molar-refractivity contribution in [2.45, 2.75) is 26.7 Å². The molecule has 0 unspecified atom stereocenters. The van der Waals surface area contributed by atoms with Gasteiger partial charge in [-0.1, -0.05) is 23.2 Å². The van der Waals surface area contributed by atoms with Crippen molar-refractivity contribution in [3.63, 3.8) is 0 Å². The molecule has 0 aliphatic rings. The Hall–Kier alpha value is -1.12. The molecule has 1 heterocycles. The quantitative estimate of drug-likeness (QED) is 0.623. The van der Waals surface area contributed by atoms with Crippen LogP contribution >= 0.6 is 23.2 Å². The number of carbonyl (C=O) groups is 1. The zero-order valence-electron chi connectivity index (χ0n) is 10.3. The summed E-state index contributed by atoms with van der Waals surface area (Å²) < 4.78 is 0. The number of aromatic nitrogens is 1. The minimum absolute atomic E-state index is 0.277. The third-order valence-corrected chi connectivity index (χ3v) is 3.39. The van der Waals surface area contributed by atoms with E-state index < -0.39 is 0 Å². The number of hydrogen-bond donors (Lipinski definition) is 0. The molecule has 0 amide bonds. The second-order valence-electron chi connectivity index (χ2n) is 4.45. The lowest BCUT2D eigenvalue weighted by Gasteiger charge is -2.08. The summed E-state index contributed by atoms with van der Waals surface area (Å²) in [5, 5.41) is 1.15. The SMILES string of the molecule is Cc1cc(C)c2nc(Cl)c(CCC(=O)Cl)cc2c1. The number of aryl methyl sites for hydroxylation is 3. The molecule has 0 radical (unpaired) electrons. The Balaban J connectivity index is 2.50. The van der Waals surface area contributed by atoms with Gasteiger partial charge in [-0.05, 0) is 55.1 Å². The van der Waals surface area contributed by atoms with Crippen LogP contribution < -0.4 is 0 Å². The van der Waals surface area contributed by atoms with Gasteiger partial charge in [0.15, 0.2) is 0 Å². The van der Waals surface area contributed by atoms with Crippen molar-refractivity contribution in [1.29, 1.82) is 0 Å². The molecule has 0 spiro atoms. The van der Waals surface area contributed by atoms with E-state index in [1.165, 1.54) is 5.56 Å². The molecule has 0 aliphatic heterocycles. The van der Waals surface area contributed by atoms with E-state index >= 15 is 0 Å². The van der Waals surface area contributed by atoms with Crippen LogP contribution in [0.4, 0.5) is 0 Å². The zero-order chi connectivity index (χ0) is 13.3. The number of rotatable bonds is 3. The first-order valence-corrected chi connectivity index (χ1v) is 6.47.